The highest BCUT2D eigenvalue weighted by molar-refractivity contribution is 7.89. The first-order chi connectivity index (χ1) is 13.4. The predicted octanol–water partition coefficient (Wildman–Crippen LogP) is 2.78. The van der Waals surface area contributed by atoms with E-state index < -0.39 is 16.1 Å². The number of sulfonamides is 1. The molecule has 2 N–H and O–H groups in total. The first-order valence-corrected chi connectivity index (χ1v) is 10.5. The summed E-state index contributed by atoms with van der Waals surface area (Å²) in [5.41, 5.74) is 2.60. The molecule has 0 fully saturated rings. The van der Waals surface area contributed by atoms with E-state index in [1.807, 2.05) is 0 Å². The van der Waals surface area contributed by atoms with Gasteiger partial charge in [-0.05, 0) is 51.5 Å². The van der Waals surface area contributed by atoms with Gasteiger partial charge >= 0.3 is 0 Å². The predicted molar refractivity (Wildman–Crippen MR) is 112 cm³/mol. The SMILES string of the molecule is COc1ccc(NC(C)C(=O)c2[nH]c(C)c(C(C)=O)c2C)cc1S(=O)(=O)N(C)C. The summed E-state index contributed by atoms with van der Waals surface area (Å²) in [5.74, 6) is -0.124. The van der Waals surface area contributed by atoms with Crippen molar-refractivity contribution in [2.75, 3.05) is 26.5 Å². The van der Waals surface area contributed by atoms with Crippen molar-refractivity contribution in [3.63, 3.8) is 0 Å². The highest BCUT2D eigenvalue weighted by Crippen LogP contribution is 2.29. The van der Waals surface area contributed by atoms with Crippen LogP contribution in [0.2, 0.25) is 0 Å². The summed E-state index contributed by atoms with van der Waals surface area (Å²) < 4.78 is 31.4. The van der Waals surface area contributed by atoms with Crippen molar-refractivity contribution < 1.29 is 22.7 Å². The van der Waals surface area contributed by atoms with E-state index in [4.69, 9.17) is 4.74 Å². The highest BCUT2D eigenvalue weighted by Gasteiger charge is 2.26. The van der Waals surface area contributed by atoms with Gasteiger partial charge < -0.3 is 15.0 Å². The minimum atomic E-state index is -3.73. The number of aromatic amines is 1. The number of H-pyrrole nitrogens is 1. The first kappa shape index (κ1) is 22.6. The van der Waals surface area contributed by atoms with Gasteiger partial charge in [-0.25, -0.2) is 12.7 Å². The van der Waals surface area contributed by atoms with Gasteiger partial charge in [-0.2, -0.15) is 0 Å². The number of nitrogens with one attached hydrogen (secondary N) is 2. The van der Waals surface area contributed by atoms with E-state index in [-0.39, 0.29) is 22.2 Å². The fourth-order valence-corrected chi connectivity index (χ4v) is 4.30. The molecule has 158 valence electrons. The molecule has 1 aromatic heterocycles. The molecule has 2 aromatic rings. The molecule has 1 aromatic carbocycles. The number of Topliss-reactive ketones (excluding diaryl/α,β-unsaturated/α-hetero) is 2. The van der Waals surface area contributed by atoms with Gasteiger partial charge in [-0.1, -0.05) is 0 Å². The number of carbonyl (C=O) groups is 2. The van der Waals surface area contributed by atoms with E-state index >= 15 is 0 Å². The van der Waals surface area contributed by atoms with Crippen molar-refractivity contribution in [1.82, 2.24) is 9.29 Å². The highest BCUT2D eigenvalue weighted by atomic mass is 32.2. The van der Waals surface area contributed by atoms with Crippen molar-refractivity contribution in [2.24, 2.45) is 0 Å². The maximum Gasteiger partial charge on any atom is 0.246 e. The Kier molecular flexibility index (Phi) is 6.54. The van der Waals surface area contributed by atoms with Crippen molar-refractivity contribution in [2.45, 2.75) is 38.6 Å². The van der Waals surface area contributed by atoms with Crippen LogP contribution in [0.4, 0.5) is 5.69 Å². The van der Waals surface area contributed by atoms with Crippen LogP contribution in [0.15, 0.2) is 23.1 Å². The third kappa shape index (κ3) is 4.35. The third-order valence-corrected chi connectivity index (χ3v) is 6.57. The Morgan fingerprint density at radius 1 is 1.21 bits per heavy atom. The van der Waals surface area contributed by atoms with Gasteiger partial charge in [-0.3, -0.25) is 9.59 Å². The summed E-state index contributed by atoms with van der Waals surface area (Å²) in [5, 5.41) is 3.04. The van der Waals surface area contributed by atoms with Gasteiger partial charge in [0, 0.05) is 31.0 Å². The molecule has 0 saturated carbocycles. The number of nitrogens with zero attached hydrogens (tertiary/aromatic N) is 1. The van der Waals surface area contributed by atoms with E-state index in [0.717, 1.165) is 4.31 Å². The summed E-state index contributed by atoms with van der Waals surface area (Å²) in [7, 11) is 0.535. The zero-order valence-electron chi connectivity index (χ0n) is 17.7. The lowest BCUT2D eigenvalue weighted by atomic mass is 10.0. The molecular formula is C20H27N3O5S. The number of methoxy groups -OCH3 is 1. The second-order valence-electron chi connectivity index (χ2n) is 7.06. The molecule has 0 radical (unpaired) electrons. The number of carbonyl (C=O) groups excluding carboxylic acids is 2. The van der Waals surface area contributed by atoms with Crippen LogP contribution in [-0.4, -0.2) is 56.5 Å². The van der Waals surface area contributed by atoms with Crippen molar-refractivity contribution >= 4 is 27.3 Å². The molecule has 29 heavy (non-hydrogen) atoms. The zero-order chi connectivity index (χ0) is 22.1. The first-order valence-electron chi connectivity index (χ1n) is 9.03. The maximum absolute atomic E-state index is 12.9. The molecule has 0 aliphatic heterocycles. The number of hydrogen-bond donors (Lipinski definition) is 2. The number of aryl methyl sites for hydroxylation is 1. The average Bonchev–Trinajstić information content (AvgIpc) is 2.94. The number of ether oxygens (including phenoxy) is 1. The quantitative estimate of drug-likeness (QED) is 0.635. The smallest absolute Gasteiger partial charge is 0.246 e. The number of benzene rings is 1. The van der Waals surface area contributed by atoms with Gasteiger partial charge in [0.25, 0.3) is 0 Å². The molecule has 1 unspecified atom stereocenters. The van der Waals surface area contributed by atoms with Crippen molar-refractivity contribution in [1.29, 1.82) is 0 Å². The number of hydrogen-bond acceptors (Lipinski definition) is 6. The van der Waals surface area contributed by atoms with Gasteiger partial charge in [-0.15, -0.1) is 0 Å². The molecule has 9 heteroatoms. The fourth-order valence-electron chi connectivity index (χ4n) is 3.22. The van der Waals surface area contributed by atoms with Crippen LogP contribution in [0.3, 0.4) is 0 Å². The van der Waals surface area contributed by atoms with Gasteiger partial charge in [0.2, 0.25) is 15.8 Å². The van der Waals surface area contributed by atoms with Crippen molar-refractivity contribution in [3.8, 4) is 5.75 Å². The summed E-state index contributed by atoms with van der Waals surface area (Å²) >= 11 is 0. The molecule has 8 nitrogen and oxygen atoms in total. The Balaban J connectivity index is 2.36. The lowest BCUT2D eigenvalue weighted by molar-refractivity contribution is 0.0970. The average molecular weight is 422 g/mol. The Labute approximate surface area is 171 Å². The van der Waals surface area contributed by atoms with Crippen LogP contribution in [-0.2, 0) is 10.0 Å². The van der Waals surface area contributed by atoms with Gasteiger partial charge in [0.1, 0.15) is 10.6 Å². The molecule has 2 rings (SSSR count). The molecular weight excluding hydrogens is 394 g/mol. The Bertz CT molecular complexity index is 1050. The lowest BCUT2D eigenvalue weighted by Crippen LogP contribution is -2.27. The Morgan fingerprint density at radius 2 is 1.83 bits per heavy atom. The lowest BCUT2D eigenvalue weighted by Gasteiger charge is -2.18. The van der Waals surface area contributed by atoms with E-state index in [9.17, 15) is 18.0 Å². The maximum atomic E-state index is 12.9. The summed E-state index contributed by atoms with van der Waals surface area (Å²) in [6.07, 6.45) is 0. The molecule has 0 amide bonds. The summed E-state index contributed by atoms with van der Waals surface area (Å²) in [6.45, 7) is 6.62. The second kappa shape index (κ2) is 8.38. The van der Waals surface area contributed by atoms with Crippen molar-refractivity contribution in [3.05, 3.63) is 40.7 Å². The zero-order valence-corrected chi connectivity index (χ0v) is 18.5. The van der Waals surface area contributed by atoms with Crippen LogP contribution in [0.25, 0.3) is 0 Å². The number of anilines is 1. The summed E-state index contributed by atoms with van der Waals surface area (Å²) in [6, 6.07) is 3.96. The van der Waals surface area contributed by atoms with Crippen LogP contribution in [0.5, 0.6) is 5.75 Å². The number of ketones is 2. The molecule has 1 atom stereocenters. The van der Waals surface area contributed by atoms with Crippen LogP contribution in [0, 0.1) is 13.8 Å². The summed E-state index contributed by atoms with van der Waals surface area (Å²) in [4.78, 5) is 27.7. The molecule has 1 heterocycles. The third-order valence-electron chi connectivity index (χ3n) is 4.73. The minimum absolute atomic E-state index is 0.000383. The molecule has 0 saturated heterocycles. The molecule has 0 aliphatic rings. The monoisotopic (exact) mass is 421 g/mol. The second-order valence-corrected chi connectivity index (χ2v) is 9.18. The molecule has 0 bridgehead atoms. The van der Waals surface area contributed by atoms with E-state index in [2.05, 4.69) is 10.3 Å². The minimum Gasteiger partial charge on any atom is -0.495 e. The van der Waals surface area contributed by atoms with Gasteiger partial charge in [0.05, 0.1) is 18.8 Å². The topological polar surface area (TPSA) is 109 Å². The number of rotatable bonds is 8. The van der Waals surface area contributed by atoms with Crippen LogP contribution >= 0.6 is 0 Å². The Hall–Kier alpha value is -2.65. The van der Waals surface area contributed by atoms with Gasteiger partial charge in [0.15, 0.2) is 5.78 Å². The van der Waals surface area contributed by atoms with E-state index in [1.54, 1.807) is 26.8 Å². The van der Waals surface area contributed by atoms with Crippen LogP contribution < -0.4 is 10.1 Å². The standard InChI is InChI=1S/C20H27N3O5S/c1-11-18(14(4)24)12(2)22-19(11)20(25)13(3)21-15-8-9-16(28-7)17(10-15)29(26,27)23(5)6/h8-10,13,21-22H,1-7H3. The normalized spacial score (nSPS) is 12.7. The van der Waals surface area contributed by atoms with E-state index in [1.165, 1.54) is 40.3 Å². The Morgan fingerprint density at radius 3 is 2.31 bits per heavy atom. The fraction of sp³-hybridized carbons (Fsp3) is 0.400. The van der Waals surface area contributed by atoms with E-state index in [0.29, 0.717) is 28.2 Å². The number of aromatic nitrogens is 1. The largest absolute Gasteiger partial charge is 0.495 e. The molecule has 0 spiro atoms. The van der Waals surface area contributed by atoms with Crippen LogP contribution in [0.1, 0.15) is 46.0 Å². The molecule has 0 aliphatic carbocycles.